The minimum atomic E-state index is 0.656. The fourth-order valence-electron chi connectivity index (χ4n) is 1.45. The maximum absolute atomic E-state index is 9.11. The molecule has 0 bridgehead atoms. The van der Waals surface area contributed by atoms with E-state index in [1.165, 1.54) is 0 Å². The molecule has 0 fully saturated rings. The minimum absolute atomic E-state index is 0.656. The molecule has 0 saturated carbocycles. The highest BCUT2D eigenvalue weighted by molar-refractivity contribution is 5.89. The first kappa shape index (κ1) is 10.2. The van der Waals surface area contributed by atoms with Crippen molar-refractivity contribution in [1.29, 1.82) is 5.26 Å². The highest BCUT2D eigenvalue weighted by atomic mass is 14.2. The summed E-state index contributed by atoms with van der Waals surface area (Å²) < 4.78 is 0. The molecular weight excluding hydrogens is 194 g/mol. The van der Waals surface area contributed by atoms with Gasteiger partial charge in [-0.15, -0.1) is 0 Å². The molecule has 0 unspecified atom stereocenters. The van der Waals surface area contributed by atoms with Gasteiger partial charge in [0.05, 0.1) is 11.6 Å². The lowest BCUT2D eigenvalue weighted by Crippen LogP contribution is -1.80. The lowest BCUT2D eigenvalue weighted by Gasteiger charge is -1.98. The monoisotopic (exact) mass is 204 g/mol. The Morgan fingerprint density at radius 1 is 1.06 bits per heavy atom. The zero-order valence-corrected chi connectivity index (χ0v) is 8.72. The first-order valence-corrected chi connectivity index (χ1v) is 5.04. The quantitative estimate of drug-likeness (QED) is 0.542. The molecule has 1 heteroatoms. The molecule has 0 saturated heterocycles. The minimum Gasteiger partial charge on any atom is -0.192 e. The predicted molar refractivity (Wildman–Crippen MR) is 65.2 cm³/mol. The van der Waals surface area contributed by atoms with Gasteiger partial charge in [-0.05, 0) is 23.3 Å². The number of hydrogen-bond donors (Lipinski definition) is 0. The molecule has 0 N–H and O–H groups in total. The molecule has 0 spiro atoms. The highest BCUT2D eigenvalue weighted by Crippen LogP contribution is 2.16. The molecule has 2 rings (SSSR count). The maximum Gasteiger partial charge on any atom is 0.0998 e. The number of allylic oxidation sites excluding steroid dienone is 1. The van der Waals surface area contributed by atoms with Crippen molar-refractivity contribution in [2.24, 2.45) is 0 Å². The van der Waals surface area contributed by atoms with E-state index in [1.807, 2.05) is 60.7 Å². The van der Waals surface area contributed by atoms with Gasteiger partial charge in [0.25, 0.3) is 0 Å². The molecule has 2 aromatic rings. The summed E-state index contributed by atoms with van der Waals surface area (Å²) in [4.78, 5) is 0. The van der Waals surface area contributed by atoms with Crippen LogP contribution in [-0.4, -0.2) is 0 Å². The highest BCUT2D eigenvalue weighted by Gasteiger charge is 1.99. The van der Waals surface area contributed by atoms with E-state index in [0.717, 1.165) is 11.1 Å². The number of hydrogen-bond acceptors (Lipinski definition) is 1. The summed E-state index contributed by atoms with van der Waals surface area (Å²) in [5.41, 5.74) is 2.51. The van der Waals surface area contributed by atoms with Crippen LogP contribution in [0.1, 0.15) is 11.1 Å². The second kappa shape index (κ2) is 4.95. The van der Waals surface area contributed by atoms with E-state index < -0.39 is 0 Å². The first-order valence-electron chi connectivity index (χ1n) is 5.04. The average Bonchev–Trinajstić information content (AvgIpc) is 2.38. The molecular formula is C15H10N. The first-order chi connectivity index (χ1) is 7.90. The molecule has 1 radical (unpaired) electrons. The standard InChI is InChI=1S/C15H10N/c16-12-15(14-9-5-2-6-10-14)11-13-7-3-1-4-8-13/h1-7,9-11H. The van der Waals surface area contributed by atoms with E-state index in [2.05, 4.69) is 12.1 Å². The molecule has 0 amide bonds. The summed E-state index contributed by atoms with van der Waals surface area (Å²) >= 11 is 0. The maximum atomic E-state index is 9.11. The molecule has 0 heterocycles. The van der Waals surface area contributed by atoms with Gasteiger partial charge >= 0.3 is 0 Å². The van der Waals surface area contributed by atoms with Crippen molar-refractivity contribution < 1.29 is 0 Å². The van der Waals surface area contributed by atoms with Crippen LogP contribution in [0.3, 0.4) is 0 Å². The van der Waals surface area contributed by atoms with Crippen molar-refractivity contribution in [2.45, 2.75) is 0 Å². The summed E-state index contributed by atoms with van der Waals surface area (Å²) in [5, 5.41) is 9.11. The Morgan fingerprint density at radius 2 is 1.81 bits per heavy atom. The lowest BCUT2D eigenvalue weighted by atomic mass is 10.0. The number of nitrogens with zero attached hydrogens (tertiary/aromatic N) is 1. The summed E-state index contributed by atoms with van der Waals surface area (Å²) in [6.07, 6.45) is 1.84. The molecule has 0 atom stereocenters. The summed E-state index contributed by atoms with van der Waals surface area (Å²) in [7, 11) is 0. The van der Waals surface area contributed by atoms with Gasteiger partial charge < -0.3 is 0 Å². The Hall–Kier alpha value is -2.33. The lowest BCUT2D eigenvalue weighted by molar-refractivity contribution is 1.52. The third kappa shape index (κ3) is 2.37. The normalized spacial score (nSPS) is 10.8. The van der Waals surface area contributed by atoms with E-state index in [9.17, 15) is 0 Å². The molecule has 0 aliphatic heterocycles. The smallest absolute Gasteiger partial charge is 0.0998 e. The van der Waals surface area contributed by atoms with E-state index >= 15 is 0 Å². The van der Waals surface area contributed by atoms with Crippen LogP contribution in [0, 0.1) is 17.4 Å². The predicted octanol–water partition coefficient (Wildman–Crippen LogP) is 3.55. The van der Waals surface area contributed by atoms with Gasteiger partial charge in [-0.1, -0.05) is 54.6 Å². The van der Waals surface area contributed by atoms with Crippen LogP contribution < -0.4 is 0 Å². The molecule has 75 valence electrons. The van der Waals surface area contributed by atoms with Crippen LogP contribution >= 0.6 is 0 Å². The zero-order valence-electron chi connectivity index (χ0n) is 8.72. The largest absolute Gasteiger partial charge is 0.192 e. The molecule has 2 aromatic carbocycles. The number of benzene rings is 2. The topological polar surface area (TPSA) is 23.8 Å². The van der Waals surface area contributed by atoms with Crippen LogP contribution in [0.2, 0.25) is 0 Å². The van der Waals surface area contributed by atoms with Crippen LogP contribution in [0.5, 0.6) is 0 Å². The van der Waals surface area contributed by atoms with Gasteiger partial charge in [-0.2, -0.15) is 5.26 Å². The van der Waals surface area contributed by atoms with Crippen LogP contribution in [0.4, 0.5) is 0 Å². The average molecular weight is 204 g/mol. The van der Waals surface area contributed by atoms with Gasteiger partial charge in [0.2, 0.25) is 0 Å². The number of rotatable bonds is 2. The molecule has 0 aromatic heterocycles. The van der Waals surface area contributed by atoms with Crippen LogP contribution in [-0.2, 0) is 0 Å². The molecule has 0 aliphatic carbocycles. The summed E-state index contributed by atoms with van der Waals surface area (Å²) in [6.45, 7) is 0. The van der Waals surface area contributed by atoms with Crippen LogP contribution in [0.25, 0.3) is 11.6 Å². The van der Waals surface area contributed by atoms with Gasteiger partial charge in [0, 0.05) is 0 Å². The van der Waals surface area contributed by atoms with Crippen molar-refractivity contribution in [2.75, 3.05) is 0 Å². The van der Waals surface area contributed by atoms with Crippen LogP contribution in [0.15, 0.2) is 54.6 Å². The molecule has 16 heavy (non-hydrogen) atoms. The van der Waals surface area contributed by atoms with Crippen molar-refractivity contribution in [3.63, 3.8) is 0 Å². The number of nitriles is 1. The Morgan fingerprint density at radius 3 is 2.44 bits per heavy atom. The van der Waals surface area contributed by atoms with Crippen molar-refractivity contribution in [3.05, 3.63) is 71.8 Å². The Labute approximate surface area is 95.3 Å². The van der Waals surface area contributed by atoms with E-state index in [4.69, 9.17) is 5.26 Å². The van der Waals surface area contributed by atoms with E-state index in [1.54, 1.807) is 0 Å². The summed E-state index contributed by atoms with van der Waals surface area (Å²) in [6, 6.07) is 22.5. The van der Waals surface area contributed by atoms with Crippen molar-refractivity contribution in [3.8, 4) is 6.07 Å². The summed E-state index contributed by atoms with van der Waals surface area (Å²) in [5.74, 6) is 0. The molecule has 0 aliphatic rings. The fourth-order valence-corrected chi connectivity index (χ4v) is 1.45. The SMILES string of the molecule is N#CC(=Cc1[c]cccc1)c1ccccc1. The second-order valence-electron chi connectivity index (χ2n) is 3.35. The van der Waals surface area contributed by atoms with Gasteiger partial charge in [-0.3, -0.25) is 0 Å². The zero-order chi connectivity index (χ0) is 11.2. The van der Waals surface area contributed by atoms with Crippen molar-refractivity contribution in [1.82, 2.24) is 0 Å². The van der Waals surface area contributed by atoms with E-state index in [0.29, 0.717) is 5.57 Å². The third-order valence-electron chi connectivity index (χ3n) is 2.24. The molecule has 1 nitrogen and oxygen atoms in total. The fraction of sp³-hybridized carbons (Fsp3) is 0. The third-order valence-corrected chi connectivity index (χ3v) is 2.24. The Kier molecular flexibility index (Phi) is 3.15. The van der Waals surface area contributed by atoms with Gasteiger partial charge in [0.1, 0.15) is 0 Å². The van der Waals surface area contributed by atoms with Gasteiger partial charge in [0.15, 0.2) is 0 Å². The Bertz CT molecular complexity index is 518. The van der Waals surface area contributed by atoms with Gasteiger partial charge in [-0.25, -0.2) is 0 Å². The second-order valence-corrected chi connectivity index (χ2v) is 3.35. The van der Waals surface area contributed by atoms with Crippen molar-refractivity contribution >= 4 is 11.6 Å². The Balaban J connectivity index is 2.39. The van der Waals surface area contributed by atoms with E-state index in [-0.39, 0.29) is 0 Å².